The van der Waals surface area contributed by atoms with Gasteiger partial charge in [-0.05, 0) is 49.2 Å². The summed E-state index contributed by atoms with van der Waals surface area (Å²) in [7, 11) is 3.63. The molecule has 2 atom stereocenters. The third-order valence-corrected chi connectivity index (χ3v) is 7.28. The minimum Gasteiger partial charge on any atom is -0.481 e. The molecule has 1 saturated heterocycles. The van der Waals surface area contributed by atoms with Crippen LogP contribution in [0.3, 0.4) is 0 Å². The van der Waals surface area contributed by atoms with Gasteiger partial charge in [0, 0.05) is 25.6 Å². The third-order valence-electron chi connectivity index (χ3n) is 7.28. The van der Waals surface area contributed by atoms with Crippen molar-refractivity contribution in [1.82, 2.24) is 15.1 Å². The monoisotopic (exact) mass is 479 g/mol. The molecule has 2 aliphatic rings. The topological polar surface area (TPSA) is 99.2 Å². The van der Waals surface area contributed by atoms with Crippen molar-refractivity contribution >= 4 is 18.0 Å². The number of amides is 2. The number of carbonyl (C=O) groups excluding carboxylic acids is 2. The first kappa shape index (κ1) is 24.7. The predicted octanol–water partition coefficient (Wildman–Crippen LogP) is 3.17. The first-order valence-corrected chi connectivity index (χ1v) is 12.0. The number of hydrogen-bond acceptors (Lipinski definition) is 5. The normalized spacial score (nSPS) is 19.8. The number of carboxylic acid groups (broad SMARTS) is 1. The molecule has 0 spiro atoms. The van der Waals surface area contributed by atoms with Crippen LogP contribution in [0.2, 0.25) is 0 Å². The van der Waals surface area contributed by atoms with E-state index < -0.39 is 23.5 Å². The van der Waals surface area contributed by atoms with Gasteiger partial charge in [0.2, 0.25) is 5.91 Å². The number of nitrogens with one attached hydrogen (secondary N) is 1. The molecular weight excluding hydrogens is 446 g/mol. The van der Waals surface area contributed by atoms with Gasteiger partial charge in [-0.2, -0.15) is 0 Å². The van der Waals surface area contributed by atoms with E-state index in [1.54, 1.807) is 4.90 Å². The highest BCUT2D eigenvalue weighted by Crippen LogP contribution is 2.44. The van der Waals surface area contributed by atoms with Gasteiger partial charge in [-0.3, -0.25) is 9.59 Å². The second-order valence-corrected chi connectivity index (χ2v) is 9.73. The summed E-state index contributed by atoms with van der Waals surface area (Å²) in [6.45, 7) is 2.77. The Kier molecular flexibility index (Phi) is 7.12. The van der Waals surface area contributed by atoms with E-state index in [2.05, 4.69) is 29.6 Å². The van der Waals surface area contributed by atoms with E-state index in [0.29, 0.717) is 19.4 Å². The van der Waals surface area contributed by atoms with Crippen molar-refractivity contribution in [3.05, 3.63) is 59.7 Å². The molecule has 1 aliphatic carbocycles. The first-order valence-electron chi connectivity index (χ1n) is 12.0. The Hall–Kier alpha value is -3.39. The molecule has 2 aromatic rings. The molecule has 0 bridgehead atoms. The van der Waals surface area contributed by atoms with Gasteiger partial charge in [-0.15, -0.1) is 0 Å². The fraction of sp³-hybridized carbons (Fsp3) is 0.444. The quantitative estimate of drug-likeness (QED) is 0.604. The van der Waals surface area contributed by atoms with Crippen LogP contribution < -0.4 is 5.32 Å². The Balaban J connectivity index is 1.43. The number of alkyl carbamates (subject to hydrolysis) is 1. The lowest BCUT2D eigenvalue weighted by atomic mass is 9.84. The van der Waals surface area contributed by atoms with Crippen molar-refractivity contribution in [2.24, 2.45) is 5.41 Å². The standard InChI is InChI=1S/C27H33N3O5/c1-4-27(25(32)33)13-14-30(17-27)24(31)23(15-29(2)3)28-26(34)35-16-22-20-11-7-5-9-18(20)19-10-6-8-12-21(19)22/h5-12,22-23H,4,13-17H2,1-3H3,(H,28,34)(H,32,33). The van der Waals surface area contributed by atoms with E-state index in [1.807, 2.05) is 50.2 Å². The molecule has 4 rings (SSSR count). The number of rotatable bonds is 8. The Morgan fingerprint density at radius 2 is 1.71 bits per heavy atom. The molecule has 2 aromatic carbocycles. The summed E-state index contributed by atoms with van der Waals surface area (Å²) in [6, 6.07) is 15.4. The number of hydrogen-bond donors (Lipinski definition) is 2. The summed E-state index contributed by atoms with van der Waals surface area (Å²) in [5.74, 6) is -1.25. The van der Waals surface area contributed by atoms with Crippen LogP contribution in [0.15, 0.2) is 48.5 Å². The molecule has 1 heterocycles. The van der Waals surface area contributed by atoms with Crippen LogP contribution >= 0.6 is 0 Å². The molecule has 0 saturated carbocycles. The highest BCUT2D eigenvalue weighted by molar-refractivity contribution is 5.87. The number of carboxylic acids is 1. The molecular formula is C27H33N3O5. The summed E-state index contributed by atoms with van der Waals surface area (Å²) in [5, 5.41) is 12.4. The van der Waals surface area contributed by atoms with Gasteiger partial charge in [0.15, 0.2) is 0 Å². The molecule has 2 N–H and O–H groups in total. The van der Waals surface area contributed by atoms with E-state index in [-0.39, 0.29) is 31.5 Å². The average molecular weight is 480 g/mol. The van der Waals surface area contributed by atoms with Crippen LogP contribution in [-0.2, 0) is 14.3 Å². The van der Waals surface area contributed by atoms with Crippen LogP contribution in [0.1, 0.15) is 36.8 Å². The van der Waals surface area contributed by atoms with E-state index in [0.717, 1.165) is 22.3 Å². The fourth-order valence-corrected chi connectivity index (χ4v) is 5.23. The van der Waals surface area contributed by atoms with Crippen LogP contribution in [0.25, 0.3) is 11.1 Å². The van der Waals surface area contributed by atoms with Crippen molar-refractivity contribution in [1.29, 1.82) is 0 Å². The third kappa shape index (κ3) is 4.89. The number of likely N-dealkylation sites (tertiary alicyclic amines) is 1. The number of ether oxygens (including phenoxy) is 1. The summed E-state index contributed by atoms with van der Waals surface area (Å²) >= 11 is 0. The van der Waals surface area contributed by atoms with Crippen molar-refractivity contribution in [3.63, 3.8) is 0 Å². The molecule has 1 aliphatic heterocycles. The lowest BCUT2D eigenvalue weighted by molar-refractivity contribution is -0.148. The highest BCUT2D eigenvalue weighted by atomic mass is 16.5. The molecule has 2 unspecified atom stereocenters. The summed E-state index contributed by atoms with van der Waals surface area (Å²) in [6.07, 6.45) is 0.195. The van der Waals surface area contributed by atoms with Gasteiger partial charge in [0.1, 0.15) is 12.6 Å². The summed E-state index contributed by atoms with van der Waals surface area (Å²) < 4.78 is 5.63. The largest absolute Gasteiger partial charge is 0.481 e. The minimum absolute atomic E-state index is 0.0736. The molecule has 8 heteroatoms. The van der Waals surface area contributed by atoms with Crippen LogP contribution in [0.4, 0.5) is 4.79 Å². The fourth-order valence-electron chi connectivity index (χ4n) is 5.23. The summed E-state index contributed by atoms with van der Waals surface area (Å²) in [5.41, 5.74) is 3.59. The maximum Gasteiger partial charge on any atom is 0.407 e. The van der Waals surface area contributed by atoms with Gasteiger partial charge in [0.25, 0.3) is 0 Å². The number of fused-ring (bicyclic) bond motifs is 3. The average Bonchev–Trinajstić information content (AvgIpc) is 3.42. The predicted molar refractivity (Wildman–Crippen MR) is 132 cm³/mol. The van der Waals surface area contributed by atoms with E-state index in [9.17, 15) is 19.5 Å². The lowest BCUT2D eigenvalue weighted by Crippen LogP contribution is -2.53. The number of carbonyl (C=O) groups is 3. The van der Waals surface area contributed by atoms with E-state index >= 15 is 0 Å². The molecule has 35 heavy (non-hydrogen) atoms. The van der Waals surface area contributed by atoms with E-state index in [1.165, 1.54) is 0 Å². The van der Waals surface area contributed by atoms with Gasteiger partial charge in [-0.25, -0.2) is 4.79 Å². The van der Waals surface area contributed by atoms with Crippen molar-refractivity contribution in [3.8, 4) is 11.1 Å². The maximum absolute atomic E-state index is 13.3. The van der Waals surface area contributed by atoms with Crippen LogP contribution in [0.5, 0.6) is 0 Å². The Morgan fingerprint density at radius 1 is 1.11 bits per heavy atom. The number of aliphatic carboxylic acids is 1. The van der Waals surface area contributed by atoms with Crippen LogP contribution in [-0.4, -0.2) is 79.3 Å². The summed E-state index contributed by atoms with van der Waals surface area (Å²) in [4.78, 5) is 41.2. The smallest absolute Gasteiger partial charge is 0.407 e. The van der Waals surface area contributed by atoms with Crippen molar-refractivity contribution in [2.75, 3.05) is 40.3 Å². The Morgan fingerprint density at radius 3 is 2.23 bits per heavy atom. The zero-order valence-electron chi connectivity index (χ0n) is 20.5. The SMILES string of the molecule is CCC1(C(=O)O)CCN(C(=O)C(CN(C)C)NC(=O)OCC2c3ccccc3-c3ccccc32)C1. The second kappa shape index (κ2) is 10.1. The maximum atomic E-state index is 13.3. The zero-order chi connectivity index (χ0) is 25.2. The second-order valence-electron chi connectivity index (χ2n) is 9.73. The molecule has 8 nitrogen and oxygen atoms in total. The molecule has 186 valence electrons. The number of benzene rings is 2. The molecule has 0 aromatic heterocycles. The Bertz CT molecular complexity index is 1070. The number of nitrogens with zero attached hydrogens (tertiary/aromatic N) is 2. The van der Waals surface area contributed by atoms with Crippen LogP contribution in [0, 0.1) is 5.41 Å². The highest BCUT2D eigenvalue weighted by Gasteiger charge is 2.46. The molecule has 0 radical (unpaired) electrons. The van der Waals surface area contributed by atoms with Gasteiger partial charge >= 0.3 is 12.1 Å². The van der Waals surface area contributed by atoms with Crippen molar-refractivity contribution < 1.29 is 24.2 Å². The zero-order valence-corrected chi connectivity index (χ0v) is 20.5. The van der Waals surface area contributed by atoms with Gasteiger partial charge in [0.05, 0.1) is 5.41 Å². The number of likely N-dealkylation sites (N-methyl/N-ethyl adjacent to an activating group) is 1. The lowest BCUT2D eigenvalue weighted by Gasteiger charge is -2.28. The molecule has 1 fully saturated rings. The minimum atomic E-state index is -0.928. The molecule has 2 amide bonds. The van der Waals surface area contributed by atoms with E-state index in [4.69, 9.17) is 4.74 Å². The van der Waals surface area contributed by atoms with Crippen molar-refractivity contribution in [2.45, 2.75) is 31.7 Å². The Labute approximate surface area is 205 Å². The first-order chi connectivity index (χ1) is 16.8. The van der Waals surface area contributed by atoms with Gasteiger partial charge < -0.3 is 25.0 Å². The van der Waals surface area contributed by atoms with Gasteiger partial charge in [-0.1, -0.05) is 55.5 Å².